The van der Waals surface area contributed by atoms with E-state index in [0.717, 1.165) is 36.5 Å². The van der Waals surface area contributed by atoms with Crippen LogP contribution in [-0.2, 0) is 11.3 Å². The van der Waals surface area contributed by atoms with Gasteiger partial charge in [0.25, 0.3) is 0 Å². The quantitative estimate of drug-likeness (QED) is 0.909. The Morgan fingerprint density at radius 2 is 2.00 bits per heavy atom. The maximum absolute atomic E-state index is 11.0. The number of halogens is 1. The van der Waals surface area contributed by atoms with Crippen LogP contribution in [0.4, 0.5) is 0 Å². The van der Waals surface area contributed by atoms with E-state index in [-0.39, 0.29) is 5.92 Å². The molecule has 0 spiro atoms. The molecule has 1 aliphatic rings. The number of carbonyl (C=O) groups is 1. The predicted molar refractivity (Wildman–Crippen MR) is 84.7 cm³/mol. The molecule has 0 aliphatic carbocycles. The van der Waals surface area contributed by atoms with Crippen LogP contribution in [0.25, 0.3) is 11.3 Å². The second-order valence-electron chi connectivity index (χ2n) is 5.67. The van der Waals surface area contributed by atoms with Crippen molar-refractivity contribution in [1.29, 1.82) is 0 Å². The van der Waals surface area contributed by atoms with Gasteiger partial charge in [0.2, 0.25) is 0 Å². The van der Waals surface area contributed by atoms with E-state index in [1.165, 1.54) is 0 Å². The highest BCUT2D eigenvalue weighted by Gasteiger charge is 2.25. The molecule has 2 N–H and O–H groups in total. The molecule has 3 rings (SSSR count). The van der Waals surface area contributed by atoms with E-state index in [1.54, 1.807) is 0 Å². The van der Waals surface area contributed by atoms with Gasteiger partial charge in [-0.3, -0.25) is 14.8 Å². The van der Waals surface area contributed by atoms with Crippen LogP contribution < -0.4 is 0 Å². The number of benzene rings is 1. The van der Waals surface area contributed by atoms with Crippen LogP contribution in [0.2, 0.25) is 5.02 Å². The molecule has 2 aromatic rings. The smallest absolute Gasteiger partial charge is 0.306 e. The number of likely N-dealkylation sites (tertiary alicyclic amines) is 1. The van der Waals surface area contributed by atoms with Crippen molar-refractivity contribution in [1.82, 2.24) is 15.1 Å². The van der Waals surface area contributed by atoms with Crippen LogP contribution in [0.5, 0.6) is 0 Å². The van der Waals surface area contributed by atoms with Crippen LogP contribution in [-0.4, -0.2) is 39.3 Å². The summed E-state index contributed by atoms with van der Waals surface area (Å²) in [5.41, 5.74) is 3.17. The third-order valence-electron chi connectivity index (χ3n) is 4.18. The van der Waals surface area contributed by atoms with E-state index in [4.69, 9.17) is 16.7 Å². The summed E-state index contributed by atoms with van der Waals surface area (Å²) in [4.78, 5) is 13.3. The first-order valence-corrected chi connectivity index (χ1v) is 7.74. The number of piperidine rings is 1. The van der Waals surface area contributed by atoms with Gasteiger partial charge in [-0.2, -0.15) is 5.10 Å². The van der Waals surface area contributed by atoms with Crippen molar-refractivity contribution >= 4 is 17.6 Å². The van der Waals surface area contributed by atoms with E-state index >= 15 is 0 Å². The Hall–Kier alpha value is -1.85. The van der Waals surface area contributed by atoms with Gasteiger partial charge in [-0.15, -0.1) is 0 Å². The fourth-order valence-electron chi connectivity index (χ4n) is 2.88. The van der Waals surface area contributed by atoms with Crippen LogP contribution >= 0.6 is 11.6 Å². The van der Waals surface area contributed by atoms with Gasteiger partial charge in [0.05, 0.1) is 17.8 Å². The lowest BCUT2D eigenvalue weighted by Crippen LogP contribution is -2.35. The van der Waals surface area contributed by atoms with Crippen molar-refractivity contribution in [2.75, 3.05) is 13.1 Å². The summed E-state index contributed by atoms with van der Waals surface area (Å²) in [5, 5.41) is 17.0. The third kappa shape index (κ3) is 3.31. The number of rotatable bonds is 4. The Morgan fingerprint density at radius 1 is 1.32 bits per heavy atom. The van der Waals surface area contributed by atoms with Crippen LogP contribution in [0.15, 0.2) is 30.5 Å². The minimum atomic E-state index is -0.676. The molecular formula is C16H18ClN3O2. The summed E-state index contributed by atoms with van der Waals surface area (Å²) >= 11 is 5.93. The van der Waals surface area contributed by atoms with Crippen LogP contribution in [0.3, 0.4) is 0 Å². The molecule has 0 radical (unpaired) electrons. The van der Waals surface area contributed by atoms with Crippen molar-refractivity contribution in [3.8, 4) is 11.3 Å². The molecule has 1 fully saturated rings. The minimum Gasteiger partial charge on any atom is -0.481 e. The van der Waals surface area contributed by atoms with Crippen molar-refractivity contribution in [2.24, 2.45) is 5.92 Å². The van der Waals surface area contributed by atoms with Crippen molar-refractivity contribution < 1.29 is 9.90 Å². The van der Waals surface area contributed by atoms with E-state index in [1.807, 2.05) is 30.5 Å². The first kappa shape index (κ1) is 15.1. The monoisotopic (exact) mass is 319 g/mol. The van der Waals surface area contributed by atoms with Gasteiger partial charge < -0.3 is 5.11 Å². The molecule has 0 saturated carbocycles. The van der Waals surface area contributed by atoms with Gasteiger partial charge >= 0.3 is 5.97 Å². The van der Waals surface area contributed by atoms with E-state index < -0.39 is 5.97 Å². The molecular weight excluding hydrogens is 302 g/mol. The molecule has 22 heavy (non-hydrogen) atoms. The summed E-state index contributed by atoms with van der Waals surface area (Å²) < 4.78 is 0. The Kier molecular flexibility index (Phi) is 4.45. The van der Waals surface area contributed by atoms with Crippen molar-refractivity contribution in [3.63, 3.8) is 0 Å². The number of hydrogen-bond acceptors (Lipinski definition) is 3. The van der Waals surface area contributed by atoms with Crippen LogP contribution in [0.1, 0.15) is 18.4 Å². The highest BCUT2D eigenvalue weighted by molar-refractivity contribution is 6.30. The highest BCUT2D eigenvalue weighted by Crippen LogP contribution is 2.25. The number of carboxylic acids is 1. The number of aliphatic carboxylic acids is 1. The molecule has 0 atom stereocenters. The molecule has 6 heteroatoms. The summed E-state index contributed by atoms with van der Waals surface area (Å²) in [6.45, 7) is 2.39. The first-order chi connectivity index (χ1) is 10.6. The molecule has 0 amide bonds. The zero-order valence-corrected chi connectivity index (χ0v) is 12.9. The molecule has 1 aliphatic heterocycles. The first-order valence-electron chi connectivity index (χ1n) is 7.37. The Labute approximate surface area is 133 Å². The van der Waals surface area contributed by atoms with Crippen LogP contribution in [0, 0.1) is 5.92 Å². The maximum atomic E-state index is 11.0. The second kappa shape index (κ2) is 6.50. The Morgan fingerprint density at radius 3 is 2.64 bits per heavy atom. The number of hydrogen-bond donors (Lipinski definition) is 2. The highest BCUT2D eigenvalue weighted by atomic mass is 35.5. The lowest BCUT2D eigenvalue weighted by atomic mass is 9.96. The Balaban J connectivity index is 1.68. The van der Waals surface area contributed by atoms with Crippen molar-refractivity contribution in [3.05, 3.63) is 41.0 Å². The average molecular weight is 320 g/mol. The van der Waals surface area contributed by atoms with Gasteiger partial charge in [-0.05, 0) is 43.6 Å². The lowest BCUT2D eigenvalue weighted by Gasteiger charge is -2.29. The molecule has 0 unspecified atom stereocenters. The SMILES string of the molecule is O=C(O)C1CCN(Cc2cn[nH]c2-c2ccc(Cl)cc2)CC1. The summed E-state index contributed by atoms with van der Waals surface area (Å²) in [7, 11) is 0. The Bertz CT molecular complexity index is 646. The molecule has 5 nitrogen and oxygen atoms in total. The molecule has 116 valence electrons. The summed E-state index contributed by atoms with van der Waals surface area (Å²) in [5.74, 6) is -0.874. The number of H-pyrrole nitrogens is 1. The van der Waals surface area contributed by atoms with Gasteiger partial charge in [0.15, 0.2) is 0 Å². The van der Waals surface area contributed by atoms with E-state index in [0.29, 0.717) is 17.9 Å². The molecule has 0 bridgehead atoms. The minimum absolute atomic E-state index is 0.198. The number of nitrogens with zero attached hydrogens (tertiary/aromatic N) is 2. The van der Waals surface area contributed by atoms with Crippen molar-refractivity contribution in [2.45, 2.75) is 19.4 Å². The van der Waals surface area contributed by atoms with E-state index in [9.17, 15) is 4.79 Å². The van der Waals surface area contributed by atoms with E-state index in [2.05, 4.69) is 15.1 Å². The summed E-state index contributed by atoms with van der Waals surface area (Å²) in [6.07, 6.45) is 3.26. The molecule has 1 aromatic carbocycles. The topological polar surface area (TPSA) is 69.2 Å². The number of aromatic amines is 1. The average Bonchev–Trinajstić information content (AvgIpc) is 2.97. The zero-order chi connectivity index (χ0) is 15.5. The fraction of sp³-hybridized carbons (Fsp3) is 0.375. The van der Waals surface area contributed by atoms with Gasteiger partial charge in [-0.25, -0.2) is 0 Å². The van der Waals surface area contributed by atoms with Gasteiger partial charge in [0.1, 0.15) is 0 Å². The maximum Gasteiger partial charge on any atom is 0.306 e. The van der Waals surface area contributed by atoms with Gasteiger partial charge in [-0.1, -0.05) is 23.7 Å². The standard InChI is InChI=1S/C16H18ClN3O2/c17-14-3-1-11(2-4-14)15-13(9-18-19-15)10-20-7-5-12(6-8-20)16(21)22/h1-4,9,12H,5-8,10H2,(H,18,19)(H,21,22). The lowest BCUT2D eigenvalue weighted by molar-refractivity contribution is -0.143. The molecule has 2 heterocycles. The second-order valence-corrected chi connectivity index (χ2v) is 6.10. The van der Waals surface area contributed by atoms with Gasteiger partial charge in [0, 0.05) is 17.1 Å². The largest absolute Gasteiger partial charge is 0.481 e. The fourth-order valence-corrected chi connectivity index (χ4v) is 3.00. The predicted octanol–water partition coefficient (Wildman–Crippen LogP) is 3.03. The third-order valence-corrected chi connectivity index (χ3v) is 4.43. The summed E-state index contributed by atoms with van der Waals surface area (Å²) in [6, 6.07) is 7.66. The number of carboxylic acid groups (broad SMARTS) is 1. The number of nitrogens with one attached hydrogen (secondary N) is 1. The number of aromatic nitrogens is 2. The zero-order valence-electron chi connectivity index (χ0n) is 12.1. The molecule has 1 saturated heterocycles. The molecule has 1 aromatic heterocycles. The normalized spacial score (nSPS) is 16.8.